The molecule has 178 valence electrons. The maximum absolute atomic E-state index is 13.2. The Labute approximate surface area is 202 Å². The molecule has 0 saturated carbocycles. The SMILES string of the molecule is O=C(CSc1nnc(CNc2ccc(F)cc2)n1CC1CCCO1)N1CCCc2ccccc21. The lowest BCUT2D eigenvalue weighted by atomic mass is 10.0. The van der Waals surface area contributed by atoms with E-state index in [4.69, 9.17) is 4.74 Å². The number of rotatable bonds is 8. The second kappa shape index (κ2) is 10.6. The van der Waals surface area contributed by atoms with Crippen molar-refractivity contribution >= 4 is 29.0 Å². The highest BCUT2D eigenvalue weighted by Crippen LogP contribution is 2.28. The molecule has 1 amide bonds. The molecule has 9 heteroatoms. The predicted octanol–water partition coefficient (Wildman–Crippen LogP) is 4.28. The second-order valence-electron chi connectivity index (χ2n) is 8.57. The molecule has 1 unspecified atom stereocenters. The van der Waals surface area contributed by atoms with Gasteiger partial charge in [-0.1, -0.05) is 30.0 Å². The van der Waals surface area contributed by atoms with Crippen LogP contribution in [0.4, 0.5) is 15.8 Å². The molecular weight excluding hydrogens is 453 g/mol. The Morgan fingerprint density at radius 3 is 2.82 bits per heavy atom. The zero-order chi connectivity index (χ0) is 23.3. The summed E-state index contributed by atoms with van der Waals surface area (Å²) in [7, 11) is 0. The number of carbonyl (C=O) groups excluding carboxylic acids is 1. The van der Waals surface area contributed by atoms with Crippen molar-refractivity contribution in [3.8, 4) is 0 Å². The quantitative estimate of drug-likeness (QED) is 0.484. The molecule has 1 fully saturated rings. The van der Waals surface area contributed by atoms with Gasteiger partial charge in [0.15, 0.2) is 11.0 Å². The van der Waals surface area contributed by atoms with E-state index in [1.807, 2.05) is 23.1 Å². The highest BCUT2D eigenvalue weighted by Gasteiger charge is 2.25. The van der Waals surface area contributed by atoms with Gasteiger partial charge in [0, 0.05) is 24.5 Å². The van der Waals surface area contributed by atoms with Gasteiger partial charge in [0.05, 0.1) is 24.9 Å². The smallest absolute Gasteiger partial charge is 0.237 e. The average molecular weight is 482 g/mol. The molecule has 2 aromatic carbocycles. The third kappa shape index (κ3) is 5.26. The summed E-state index contributed by atoms with van der Waals surface area (Å²) in [6, 6.07) is 14.4. The lowest BCUT2D eigenvalue weighted by Crippen LogP contribution is -2.36. The molecule has 2 aliphatic heterocycles. The van der Waals surface area contributed by atoms with E-state index in [2.05, 4.69) is 26.1 Å². The van der Waals surface area contributed by atoms with Gasteiger partial charge in [0.2, 0.25) is 5.91 Å². The van der Waals surface area contributed by atoms with Crippen LogP contribution in [0.3, 0.4) is 0 Å². The first-order chi connectivity index (χ1) is 16.7. The number of para-hydroxylation sites is 1. The Morgan fingerprint density at radius 1 is 1.15 bits per heavy atom. The third-order valence-corrected chi connectivity index (χ3v) is 7.19. The number of nitrogens with one attached hydrogen (secondary N) is 1. The molecule has 1 saturated heterocycles. The largest absolute Gasteiger partial charge is 0.378 e. The van der Waals surface area contributed by atoms with E-state index in [1.54, 1.807) is 12.1 Å². The van der Waals surface area contributed by atoms with Crippen molar-refractivity contribution in [2.75, 3.05) is 29.1 Å². The van der Waals surface area contributed by atoms with Crippen LogP contribution in [0.15, 0.2) is 53.7 Å². The van der Waals surface area contributed by atoms with Crippen molar-refractivity contribution in [1.29, 1.82) is 0 Å². The molecule has 2 aliphatic rings. The standard InChI is InChI=1S/C25H28FN5O2S/c26-19-9-11-20(12-10-19)27-15-23-28-29-25(31(23)16-21-7-4-14-33-21)34-17-24(32)30-13-3-6-18-5-1-2-8-22(18)30/h1-2,5,8-12,21,27H,3-4,6-7,13-17H2. The van der Waals surface area contributed by atoms with E-state index in [1.165, 1.54) is 29.5 Å². The molecule has 0 radical (unpaired) electrons. The fraction of sp³-hybridized carbons (Fsp3) is 0.400. The van der Waals surface area contributed by atoms with E-state index >= 15 is 0 Å². The number of thioether (sulfide) groups is 1. The molecule has 34 heavy (non-hydrogen) atoms. The molecule has 5 rings (SSSR count). The summed E-state index contributed by atoms with van der Waals surface area (Å²) < 4.78 is 21.1. The number of hydrogen-bond donors (Lipinski definition) is 1. The topological polar surface area (TPSA) is 72.3 Å². The Bertz CT molecular complexity index is 1130. The van der Waals surface area contributed by atoms with Crippen LogP contribution in [-0.4, -0.2) is 45.7 Å². The summed E-state index contributed by atoms with van der Waals surface area (Å²) in [6.07, 6.45) is 4.14. The van der Waals surface area contributed by atoms with Crippen molar-refractivity contribution in [2.24, 2.45) is 0 Å². The second-order valence-corrected chi connectivity index (χ2v) is 9.51. The van der Waals surface area contributed by atoms with Gasteiger partial charge in [-0.15, -0.1) is 10.2 Å². The van der Waals surface area contributed by atoms with Crippen LogP contribution >= 0.6 is 11.8 Å². The highest BCUT2D eigenvalue weighted by molar-refractivity contribution is 7.99. The molecular formula is C25H28FN5O2S. The lowest BCUT2D eigenvalue weighted by molar-refractivity contribution is -0.116. The molecule has 3 heterocycles. The fourth-order valence-electron chi connectivity index (χ4n) is 4.48. The number of hydrogen-bond acceptors (Lipinski definition) is 6. The molecule has 3 aromatic rings. The van der Waals surface area contributed by atoms with Gasteiger partial charge in [-0.05, 0) is 61.6 Å². The lowest BCUT2D eigenvalue weighted by Gasteiger charge is -2.29. The summed E-state index contributed by atoms with van der Waals surface area (Å²) in [4.78, 5) is 15.0. The van der Waals surface area contributed by atoms with Gasteiger partial charge in [-0.3, -0.25) is 4.79 Å². The Kier molecular flexibility index (Phi) is 7.10. The molecule has 1 aromatic heterocycles. The summed E-state index contributed by atoms with van der Waals surface area (Å²) in [5, 5.41) is 12.8. The first-order valence-corrected chi connectivity index (χ1v) is 12.7. The fourth-order valence-corrected chi connectivity index (χ4v) is 5.32. The predicted molar refractivity (Wildman–Crippen MR) is 131 cm³/mol. The maximum atomic E-state index is 13.2. The Balaban J connectivity index is 1.28. The monoisotopic (exact) mass is 481 g/mol. The van der Waals surface area contributed by atoms with E-state index in [9.17, 15) is 9.18 Å². The van der Waals surface area contributed by atoms with Crippen LogP contribution in [0.2, 0.25) is 0 Å². The average Bonchev–Trinajstić information content (AvgIpc) is 3.52. The van der Waals surface area contributed by atoms with Crippen LogP contribution < -0.4 is 10.2 Å². The van der Waals surface area contributed by atoms with Crippen LogP contribution in [0.5, 0.6) is 0 Å². The minimum Gasteiger partial charge on any atom is -0.378 e. The molecule has 0 spiro atoms. The Hall–Kier alpha value is -2.91. The van der Waals surface area contributed by atoms with Crippen LogP contribution in [-0.2, 0) is 29.0 Å². The highest BCUT2D eigenvalue weighted by atomic mass is 32.2. The van der Waals surface area contributed by atoms with E-state index in [-0.39, 0.29) is 17.8 Å². The van der Waals surface area contributed by atoms with Crippen molar-refractivity contribution in [3.05, 3.63) is 65.7 Å². The van der Waals surface area contributed by atoms with Crippen molar-refractivity contribution in [3.63, 3.8) is 0 Å². The summed E-state index contributed by atoms with van der Waals surface area (Å²) >= 11 is 1.42. The number of amides is 1. The van der Waals surface area contributed by atoms with Crippen molar-refractivity contribution in [2.45, 2.75) is 50.0 Å². The molecule has 7 nitrogen and oxygen atoms in total. The van der Waals surface area contributed by atoms with Crippen molar-refractivity contribution in [1.82, 2.24) is 14.8 Å². The van der Waals surface area contributed by atoms with Crippen molar-refractivity contribution < 1.29 is 13.9 Å². The minimum absolute atomic E-state index is 0.0785. The van der Waals surface area contributed by atoms with E-state index in [0.29, 0.717) is 24.0 Å². The number of aromatic nitrogens is 3. The number of benzene rings is 2. The molecule has 0 aliphatic carbocycles. The summed E-state index contributed by atoms with van der Waals surface area (Å²) in [5.74, 6) is 0.864. The number of ether oxygens (including phenoxy) is 1. The van der Waals surface area contributed by atoms with E-state index in [0.717, 1.165) is 56.0 Å². The van der Waals surface area contributed by atoms with E-state index < -0.39 is 0 Å². The molecule has 0 bridgehead atoms. The van der Waals surface area contributed by atoms with Gasteiger partial charge < -0.3 is 19.5 Å². The minimum atomic E-state index is -0.271. The van der Waals surface area contributed by atoms with Gasteiger partial charge in [0.1, 0.15) is 5.82 Å². The summed E-state index contributed by atoms with van der Waals surface area (Å²) in [6.45, 7) is 2.60. The first kappa shape index (κ1) is 22.9. The van der Waals surface area contributed by atoms with Gasteiger partial charge >= 0.3 is 0 Å². The van der Waals surface area contributed by atoms with Gasteiger partial charge in [0.25, 0.3) is 0 Å². The number of fused-ring (bicyclic) bond motifs is 1. The van der Waals surface area contributed by atoms with Crippen LogP contribution in [0, 0.1) is 5.82 Å². The first-order valence-electron chi connectivity index (χ1n) is 11.7. The van der Waals surface area contributed by atoms with Crippen LogP contribution in [0.25, 0.3) is 0 Å². The maximum Gasteiger partial charge on any atom is 0.237 e. The number of carbonyl (C=O) groups is 1. The normalized spacial score (nSPS) is 17.6. The molecule has 1 atom stereocenters. The van der Waals surface area contributed by atoms with Crippen LogP contribution in [0.1, 0.15) is 30.7 Å². The van der Waals surface area contributed by atoms with Gasteiger partial charge in [-0.2, -0.15) is 0 Å². The zero-order valence-corrected chi connectivity index (χ0v) is 19.8. The number of halogens is 1. The van der Waals surface area contributed by atoms with Gasteiger partial charge in [-0.25, -0.2) is 4.39 Å². The zero-order valence-electron chi connectivity index (χ0n) is 19.0. The third-order valence-electron chi connectivity index (χ3n) is 6.23. The number of aryl methyl sites for hydroxylation is 1. The number of anilines is 2. The summed E-state index contributed by atoms with van der Waals surface area (Å²) in [5.41, 5.74) is 3.05. The Morgan fingerprint density at radius 2 is 2.00 bits per heavy atom. The number of nitrogens with zero attached hydrogens (tertiary/aromatic N) is 4. The molecule has 1 N–H and O–H groups in total.